The van der Waals surface area contributed by atoms with E-state index in [9.17, 15) is 13.2 Å². The van der Waals surface area contributed by atoms with Crippen LogP contribution in [0, 0.1) is 17.8 Å². The van der Waals surface area contributed by atoms with Crippen molar-refractivity contribution in [1.82, 2.24) is 4.72 Å². The van der Waals surface area contributed by atoms with E-state index in [1.807, 2.05) is 36.4 Å². The van der Waals surface area contributed by atoms with E-state index in [2.05, 4.69) is 10.8 Å². The van der Waals surface area contributed by atoms with Gasteiger partial charge in [0.15, 0.2) is 0 Å². The van der Waals surface area contributed by atoms with Gasteiger partial charge in [0, 0.05) is 17.9 Å². The van der Waals surface area contributed by atoms with Gasteiger partial charge in [-0.2, -0.15) is 0 Å². The zero-order valence-electron chi connectivity index (χ0n) is 16.0. The lowest BCUT2D eigenvalue weighted by atomic mass is 9.83. The molecule has 0 radical (unpaired) electrons. The van der Waals surface area contributed by atoms with Gasteiger partial charge in [-0.15, -0.1) is 0 Å². The van der Waals surface area contributed by atoms with Gasteiger partial charge >= 0.3 is 5.97 Å². The molecule has 0 heterocycles. The van der Waals surface area contributed by atoms with E-state index in [-0.39, 0.29) is 12.5 Å². The number of rotatable bonds is 10. The summed E-state index contributed by atoms with van der Waals surface area (Å²) in [6.07, 6.45) is 11.6. The van der Waals surface area contributed by atoms with Crippen LogP contribution in [0.1, 0.15) is 50.5 Å². The van der Waals surface area contributed by atoms with Crippen LogP contribution in [0.2, 0.25) is 0 Å². The van der Waals surface area contributed by atoms with E-state index in [0.717, 1.165) is 31.2 Å². The van der Waals surface area contributed by atoms with Crippen molar-refractivity contribution in [3.05, 3.63) is 53.5 Å². The number of benzene rings is 1. The molecule has 4 atom stereocenters. The number of hydrogen-bond donors (Lipinski definition) is 2. The fourth-order valence-electron chi connectivity index (χ4n) is 4.64. The molecular weight excluding hydrogens is 374 g/mol. The molecule has 2 aliphatic rings. The van der Waals surface area contributed by atoms with Gasteiger partial charge in [-0.3, -0.25) is 4.79 Å². The smallest absolute Gasteiger partial charge is 0.303 e. The normalized spacial score (nSPS) is 27.1. The summed E-state index contributed by atoms with van der Waals surface area (Å²) in [7, 11) is -3.49. The van der Waals surface area contributed by atoms with Gasteiger partial charge in [0.05, 0.1) is 0 Å². The van der Waals surface area contributed by atoms with Crippen LogP contribution >= 0.6 is 0 Å². The van der Waals surface area contributed by atoms with E-state index in [1.54, 1.807) is 6.08 Å². The fourth-order valence-corrected chi connectivity index (χ4v) is 5.80. The molecule has 0 saturated heterocycles. The van der Waals surface area contributed by atoms with E-state index < -0.39 is 16.0 Å². The summed E-state index contributed by atoms with van der Waals surface area (Å²) in [6, 6.07) is 9.42. The molecule has 2 saturated carbocycles. The van der Waals surface area contributed by atoms with Gasteiger partial charge in [-0.25, -0.2) is 13.1 Å². The van der Waals surface area contributed by atoms with Crippen LogP contribution < -0.4 is 4.72 Å². The van der Waals surface area contributed by atoms with Crippen LogP contribution in [0.5, 0.6) is 0 Å². The Balaban J connectivity index is 1.57. The average Bonchev–Trinajstić information content (AvgIpc) is 3.26. The SMILES string of the molecule is O=C(O)CCC/C=C\C[C@H]1[C@@H]2CC[C@@H](C2)[C@@H]1NS(=O)(=O)C=Cc1ccccc1. The lowest BCUT2D eigenvalue weighted by Crippen LogP contribution is -2.43. The molecule has 2 N–H and O–H groups in total. The second-order valence-corrected chi connectivity index (χ2v) is 9.49. The van der Waals surface area contributed by atoms with Gasteiger partial charge < -0.3 is 5.11 Å². The van der Waals surface area contributed by atoms with E-state index in [4.69, 9.17) is 5.11 Å². The first kappa shape index (κ1) is 20.8. The molecule has 1 aromatic rings. The number of allylic oxidation sites excluding steroid dienone is 2. The summed E-state index contributed by atoms with van der Waals surface area (Å²) in [5.74, 6) is 0.573. The van der Waals surface area contributed by atoms with E-state index >= 15 is 0 Å². The first-order valence-electron chi connectivity index (χ1n) is 10.1. The Morgan fingerprint density at radius 2 is 1.89 bits per heavy atom. The average molecular weight is 404 g/mol. The van der Waals surface area contributed by atoms with Crippen molar-refractivity contribution in [2.45, 2.75) is 51.0 Å². The largest absolute Gasteiger partial charge is 0.481 e. The summed E-state index contributed by atoms with van der Waals surface area (Å²) in [5.41, 5.74) is 0.863. The molecule has 2 fully saturated rings. The van der Waals surface area contributed by atoms with Crippen molar-refractivity contribution in [3.8, 4) is 0 Å². The number of carbonyl (C=O) groups is 1. The predicted octanol–water partition coefficient (Wildman–Crippen LogP) is 4.19. The Bertz CT molecular complexity index is 816. The molecule has 2 aliphatic carbocycles. The lowest BCUT2D eigenvalue weighted by molar-refractivity contribution is -0.137. The first-order valence-corrected chi connectivity index (χ1v) is 11.6. The Morgan fingerprint density at radius 1 is 1.14 bits per heavy atom. The molecule has 3 rings (SSSR count). The van der Waals surface area contributed by atoms with E-state index in [0.29, 0.717) is 24.2 Å². The highest BCUT2D eigenvalue weighted by molar-refractivity contribution is 7.92. The number of unbranched alkanes of at least 4 members (excludes halogenated alkanes) is 1. The Hall–Kier alpha value is -1.92. The number of fused-ring (bicyclic) bond motifs is 2. The number of nitrogens with one attached hydrogen (secondary N) is 1. The molecular formula is C22H29NO4S. The highest BCUT2D eigenvalue weighted by Gasteiger charge is 2.47. The summed E-state index contributed by atoms with van der Waals surface area (Å²) in [6.45, 7) is 0. The van der Waals surface area contributed by atoms with Gasteiger partial charge in [0.25, 0.3) is 0 Å². The van der Waals surface area contributed by atoms with E-state index in [1.165, 1.54) is 11.8 Å². The topological polar surface area (TPSA) is 83.5 Å². The maximum Gasteiger partial charge on any atom is 0.303 e. The van der Waals surface area contributed by atoms with Crippen molar-refractivity contribution >= 4 is 22.1 Å². The molecule has 0 unspecified atom stereocenters. The second-order valence-electron chi connectivity index (χ2n) is 7.89. The van der Waals surface area contributed by atoms with Crippen molar-refractivity contribution in [3.63, 3.8) is 0 Å². The molecule has 6 heteroatoms. The fraction of sp³-hybridized carbons (Fsp3) is 0.500. The highest BCUT2D eigenvalue weighted by Crippen LogP contribution is 2.50. The number of carboxylic acids is 1. The molecule has 1 aromatic carbocycles. The second kappa shape index (κ2) is 9.52. The third-order valence-electron chi connectivity index (χ3n) is 5.96. The zero-order chi connectivity index (χ0) is 20.0. The van der Waals surface area contributed by atoms with Crippen molar-refractivity contribution in [2.24, 2.45) is 17.8 Å². The minimum absolute atomic E-state index is 0.00663. The number of hydrogen-bond acceptors (Lipinski definition) is 3. The monoisotopic (exact) mass is 403 g/mol. The van der Waals surface area contributed by atoms with Crippen molar-refractivity contribution in [1.29, 1.82) is 0 Å². The van der Waals surface area contributed by atoms with Crippen LogP contribution in [0.15, 0.2) is 47.9 Å². The Morgan fingerprint density at radius 3 is 2.64 bits per heavy atom. The standard InChI is InChI=1S/C22H29NO4S/c24-21(25)11-7-2-1-6-10-20-18-12-13-19(16-18)22(20)23-28(26,27)15-14-17-8-4-3-5-9-17/h1,3-6,8-9,14-15,18-20,22-23H,2,7,10-13,16H2,(H,24,25)/b6-1-,15-14?/t18-,19+,20+,22+/m1/s1. The third kappa shape index (κ3) is 5.79. The number of carboxylic acid groups (broad SMARTS) is 1. The number of aliphatic carboxylic acids is 1. The molecule has 0 amide bonds. The first-order chi connectivity index (χ1) is 13.4. The molecule has 152 valence electrons. The highest BCUT2D eigenvalue weighted by atomic mass is 32.2. The summed E-state index contributed by atoms with van der Waals surface area (Å²) >= 11 is 0. The minimum Gasteiger partial charge on any atom is -0.481 e. The van der Waals surface area contributed by atoms with Crippen LogP contribution in [-0.2, 0) is 14.8 Å². The summed E-state index contributed by atoms with van der Waals surface area (Å²) in [5, 5.41) is 9.95. The van der Waals surface area contributed by atoms with Crippen molar-refractivity contribution < 1.29 is 18.3 Å². The maximum atomic E-state index is 12.6. The summed E-state index contributed by atoms with van der Waals surface area (Å²) in [4.78, 5) is 10.6. The molecule has 0 aromatic heterocycles. The lowest BCUT2D eigenvalue weighted by Gasteiger charge is -2.30. The third-order valence-corrected chi connectivity index (χ3v) is 7.06. The molecule has 2 bridgehead atoms. The molecule has 28 heavy (non-hydrogen) atoms. The van der Waals surface area contributed by atoms with Gasteiger partial charge in [0.2, 0.25) is 10.0 Å². The predicted molar refractivity (Wildman–Crippen MR) is 111 cm³/mol. The van der Waals surface area contributed by atoms with Crippen LogP contribution in [0.4, 0.5) is 0 Å². The number of sulfonamides is 1. The Labute approximate surface area is 167 Å². The van der Waals surface area contributed by atoms with Crippen LogP contribution in [0.3, 0.4) is 0 Å². The van der Waals surface area contributed by atoms with Gasteiger partial charge in [0.1, 0.15) is 0 Å². The molecule has 0 aliphatic heterocycles. The van der Waals surface area contributed by atoms with Crippen molar-refractivity contribution in [2.75, 3.05) is 0 Å². The Kier molecular flexibility index (Phi) is 7.08. The van der Waals surface area contributed by atoms with Gasteiger partial charge in [-0.05, 0) is 67.9 Å². The zero-order valence-corrected chi connectivity index (χ0v) is 16.9. The minimum atomic E-state index is -3.49. The maximum absolute atomic E-state index is 12.6. The molecule has 5 nitrogen and oxygen atoms in total. The van der Waals surface area contributed by atoms with Crippen LogP contribution in [-0.4, -0.2) is 25.5 Å². The molecule has 0 spiro atoms. The quantitative estimate of drug-likeness (QED) is 0.453. The summed E-state index contributed by atoms with van der Waals surface area (Å²) < 4.78 is 28.1. The van der Waals surface area contributed by atoms with Crippen LogP contribution in [0.25, 0.3) is 6.08 Å². The van der Waals surface area contributed by atoms with Gasteiger partial charge in [-0.1, -0.05) is 42.5 Å².